The van der Waals surface area contributed by atoms with Gasteiger partial charge >= 0.3 is 0 Å². The SMILES string of the molecule is C=C[C@H]1C[N@+]2(CC)CC[C@H]1C[C@H]2[C@H](O)c1ccnc2ccc(OC)cc12.[I-]. The average Bonchev–Trinajstić information content (AvgIpc) is 2.72. The van der Waals surface area contributed by atoms with Crippen LogP contribution in [0.25, 0.3) is 10.9 Å². The molecule has 1 N–H and O–H groups in total. The highest BCUT2D eigenvalue weighted by atomic mass is 127. The van der Waals surface area contributed by atoms with Gasteiger partial charge in [0.05, 0.1) is 32.3 Å². The lowest BCUT2D eigenvalue weighted by atomic mass is 9.71. The van der Waals surface area contributed by atoms with Crippen molar-refractivity contribution >= 4 is 10.9 Å². The van der Waals surface area contributed by atoms with Crippen molar-refractivity contribution < 1.29 is 38.3 Å². The number of halogens is 1. The van der Waals surface area contributed by atoms with E-state index < -0.39 is 6.10 Å². The van der Waals surface area contributed by atoms with Crippen molar-refractivity contribution in [2.45, 2.75) is 31.9 Å². The van der Waals surface area contributed by atoms with Crippen LogP contribution in [0.4, 0.5) is 0 Å². The Morgan fingerprint density at radius 3 is 2.93 bits per heavy atom. The van der Waals surface area contributed by atoms with Crippen LogP contribution in [0.2, 0.25) is 0 Å². The zero-order valence-electron chi connectivity index (χ0n) is 16.1. The molecule has 1 aromatic carbocycles. The monoisotopic (exact) mass is 480 g/mol. The predicted octanol–water partition coefficient (Wildman–Crippen LogP) is 0.712. The Morgan fingerprint density at radius 1 is 1.41 bits per heavy atom. The van der Waals surface area contributed by atoms with Crippen molar-refractivity contribution in [2.24, 2.45) is 11.8 Å². The third kappa shape index (κ3) is 3.38. The highest BCUT2D eigenvalue weighted by Gasteiger charge is 2.53. The summed E-state index contributed by atoms with van der Waals surface area (Å²) in [6.45, 7) is 9.66. The van der Waals surface area contributed by atoms with Crippen LogP contribution in [0.15, 0.2) is 43.1 Å². The Balaban J connectivity index is 0.00000210. The fraction of sp³-hybridized carbons (Fsp3) is 0.500. The summed E-state index contributed by atoms with van der Waals surface area (Å²) in [5.41, 5.74) is 1.89. The van der Waals surface area contributed by atoms with Crippen LogP contribution >= 0.6 is 0 Å². The first-order chi connectivity index (χ1) is 12.6. The Bertz CT molecular complexity index is 827. The lowest BCUT2D eigenvalue weighted by Gasteiger charge is -2.57. The van der Waals surface area contributed by atoms with Crippen LogP contribution in [0, 0.1) is 11.8 Å². The molecule has 0 unspecified atom stereocenters. The number of aliphatic hydroxyl groups is 1. The zero-order chi connectivity index (χ0) is 18.3. The number of rotatable bonds is 5. The van der Waals surface area contributed by atoms with Gasteiger partial charge in [-0.05, 0) is 42.7 Å². The van der Waals surface area contributed by atoms with E-state index in [1.165, 1.54) is 13.0 Å². The smallest absolute Gasteiger partial charge is 0.131 e. The number of benzene rings is 1. The second kappa shape index (κ2) is 8.05. The van der Waals surface area contributed by atoms with Crippen LogP contribution in [-0.2, 0) is 0 Å². The molecule has 0 spiro atoms. The predicted molar refractivity (Wildman–Crippen MR) is 104 cm³/mol. The number of piperidine rings is 3. The highest BCUT2D eigenvalue weighted by molar-refractivity contribution is 5.83. The summed E-state index contributed by atoms with van der Waals surface area (Å²) in [5.74, 6) is 2.04. The van der Waals surface area contributed by atoms with Gasteiger partial charge in [0.2, 0.25) is 0 Å². The fourth-order valence-corrected chi connectivity index (χ4v) is 5.38. The van der Waals surface area contributed by atoms with Crippen LogP contribution in [0.1, 0.15) is 31.4 Å². The van der Waals surface area contributed by atoms with Crippen LogP contribution in [0.3, 0.4) is 0 Å². The van der Waals surface area contributed by atoms with E-state index >= 15 is 0 Å². The van der Waals surface area contributed by atoms with Gasteiger partial charge in [0, 0.05) is 30.3 Å². The van der Waals surface area contributed by atoms with Gasteiger partial charge in [0.1, 0.15) is 17.9 Å². The van der Waals surface area contributed by atoms with Crippen LogP contribution < -0.4 is 28.7 Å². The second-order valence-corrected chi connectivity index (χ2v) is 7.92. The number of ether oxygens (including phenoxy) is 1. The van der Waals surface area contributed by atoms with Crippen molar-refractivity contribution in [3.05, 3.63) is 48.7 Å². The van der Waals surface area contributed by atoms with Crippen molar-refractivity contribution in [1.29, 1.82) is 0 Å². The molecule has 3 fully saturated rings. The number of fused-ring (bicyclic) bond motifs is 4. The van der Waals surface area contributed by atoms with Crippen molar-refractivity contribution in [2.75, 3.05) is 26.7 Å². The number of aliphatic hydroxyl groups excluding tert-OH is 1. The number of quaternary nitrogens is 1. The van der Waals surface area contributed by atoms with Crippen molar-refractivity contribution in [1.82, 2.24) is 4.98 Å². The Labute approximate surface area is 178 Å². The van der Waals surface area contributed by atoms with Crippen LogP contribution in [-0.4, -0.2) is 47.4 Å². The quantitative estimate of drug-likeness (QED) is 0.390. The summed E-state index contributed by atoms with van der Waals surface area (Å²) in [6.07, 6.45) is 5.79. The van der Waals surface area contributed by atoms with Crippen LogP contribution in [0.5, 0.6) is 5.75 Å². The second-order valence-electron chi connectivity index (χ2n) is 7.92. The summed E-state index contributed by atoms with van der Waals surface area (Å²) in [6, 6.07) is 8.11. The van der Waals surface area contributed by atoms with Gasteiger partial charge in [-0.2, -0.15) is 0 Å². The maximum atomic E-state index is 11.5. The molecule has 0 radical (unpaired) electrons. The maximum absolute atomic E-state index is 11.5. The maximum Gasteiger partial charge on any atom is 0.131 e. The molecule has 27 heavy (non-hydrogen) atoms. The molecule has 5 heteroatoms. The molecule has 0 amide bonds. The number of hydrogen-bond donors (Lipinski definition) is 1. The first-order valence-corrected chi connectivity index (χ1v) is 9.71. The van der Waals surface area contributed by atoms with E-state index in [0.29, 0.717) is 11.8 Å². The third-order valence-corrected chi connectivity index (χ3v) is 6.97. The summed E-state index contributed by atoms with van der Waals surface area (Å²) >= 11 is 0. The summed E-state index contributed by atoms with van der Waals surface area (Å²) in [4.78, 5) is 4.47. The minimum atomic E-state index is -0.485. The molecule has 0 saturated carbocycles. The first-order valence-electron chi connectivity index (χ1n) is 9.71. The molecule has 146 valence electrons. The van der Waals surface area contributed by atoms with E-state index in [1.807, 2.05) is 30.5 Å². The molecule has 3 saturated heterocycles. The van der Waals surface area contributed by atoms with Gasteiger partial charge in [-0.1, -0.05) is 6.08 Å². The van der Waals surface area contributed by atoms with E-state index in [2.05, 4.69) is 24.6 Å². The molecule has 1 aromatic heterocycles. The van der Waals surface area contributed by atoms with Crippen molar-refractivity contribution in [3.63, 3.8) is 0 Å². The van der Waals surface area contributed by atoms with Gasteiger partial charge in [0.15, 0.2) is 0 Å². The van der Waals surface area contributed by atoms with Gasteiger partial charge in [-0.3, -0.25) is 4.98 Å². The standard InChI is InChI=1S/C22H29N2O2.HI/c1-4-15-14-24(5-2)11-9-16(15)12-21(24)22(25)18-8-10-23-20-7-6-17(26-3)13-19(18)20;/h4,6-8,10,13,15-16,21-22,25H,1,5,9,11-12,14H2,2-3H3;1H/q+1;/p-1/t15-,16-,21-,22+,24-;/m0./s1. The van der Waals surface area contributed by atoms with Gasteiger partial charge < -0.3 is 38.3 Å². The average molecular weight is 480 g/mol. The molecule has 2 aromatic rings. The molecule has 5 rings (SSSR count). The summed E-state index contributed by atoms with van der Waals surface area (Å²) in [7, 11) is 1.67. The Kier molecular flexibility index (Phi) is 6.13. The number of pyridine rings is 1. The number of methoxy groups -OCH3 is 1. The van der Waals surface area contributed by atoms with Gasteiger partial charge in [-0.15, -0.1) is 6.58 Å². The zero-order valence-corrected chi connectivity index (χ0v) is 18.3. The van der Waals surface area contributed by atoms with Gasteiger partial charge in [-0.25, -0.2) is 0 Å². The number of aromatic nitrogens is 1. The number of hydrogen-bond acceptors (Lipinski definition) is 3. The lowest BCUT2D eigenvalue weighted by Crippen LogP contribution is -3.00. The van der Waals surface area contributed by atoms with E-state index in [9.17, 15) is 5.11 Å². The fourth-order valence-electron chi connectivity index (χ4n) is 5.38. The Hall–Kier alpha value is -1.18. The van der Waals surface area contributed by atoms with E-state index in [1.54, 1.807) is 7.11 Å². The van der Waals surface area contributed by atoms with E-state index in [-0.39, 0.29) is 30.0 Å². The van der Waals surface area contributed by atoms with Gasteiger partial charge in [0.25, 0.3) is 0 Å². The minimum absolute atomic E-state index is 0. The minimum Gasteiger partial charge on any atom is -1.00 e. The molecule has 2 bridgehead atoms. The molecule has 4 heterocycles. The first kappa shape index (κ1) is 20.6. The molecular weight excluding hydrogens is 451 g/mol. The van der Waals surface area contributed by atoms with E-state index in [0.717, 1.165) is 46.2 Å². The van der Waals surface area contributed by atoms with E-state index in [4.69, 9.17) is 4.74 Å². The topological polar surface area (TPSA) is 42.4 Å². The summed E-state index contributed by atoms with van der Waals surface area (Å²) < 4.78 is 6.40. The number of nitrogens with zero attached hydrogens (tertiary/aromatic N) is 2. The molecule has 3 aliphatic heterocycles. The third-order valence-electron chi connectivity index (χ3n) is 6.97. The Morgan fingerprint density at radius 2 is 2.22 bits per heavy atom. The number of likely N-dealkylation sites (N-methyl/N-ethyl adjacent to an activating group) is 1. The van der Waals surface area contributed by atoms with Crippen molar-refractivity contribution in [3.8, 4) is 5.75 Å². The molecule has 3 aliphatic rings. The highest BCUT2D eigenvalue weighted by Crippen LogP contribution is 2.46. The largest absolute Gasteiger partial charge is 1.00 e. The molecular formula is C22H29IN2O2. The normalized spacial score (nSPS) is 30.6. The molecule has 4 nitrogen and oxygen atoms in total. The molecule has 0 aliphatic carbocycles. The lowest BCUT2D eigenvalue weighted by molar-refractivity contribution is -0.971. The molecule has 5 atom stereocenters. The summed E-state index contributed by atoms with van der Waals surface area (Å²) in [5, 5.41) is 12.5.